The molecule has 7 nitrogen and oxygen atoms in total. The highest BCUT2D eigenvalue weighted by atomic mass is 32.2. The lowest BCUT2D eigenvalue weighted by Crippen LogP contribution is -2.31. The van der Waals surface area contributed by atoms with Crippen molar-refractivity contribution in [3.8, 4) is 0 Å². The summed E-state index contributed by atoms with van der Waals surface area (Å²) in [5, 5.41) is 0. The zero-order valence-corrected chi connectivity index (χ0v) is 21.5. The first-order valence-electron chi connectivity index (χ1n) is 12.0. The quantitative estimate of drug-likeness (QED) is 0.253. The smallest absolute Gasteiger partial charge is 0.338 e. The van der Waals surface area contributed by atoms with Crippen molar-refractivity contribution in [2.24, 2.45) is 0 Å². The van der Waals surface area contributed by atoms with Gasteiger partial charge >= 0.3 is 11.9 Å². The molecular formula is C25H41NO6S. The average Bonchev–Trinajstić information content (AvgIpc) is 2.75. The summed E-state index contributed by atoms with van der Waals surface area (Å²) in [4.78, 5) is 23.1. The van der Waals surface area contributed by atoms with Crippen LogP contribution in [0.15, 0.2) is 24.3 Å². The summed E-state index contributed by atoms with van der Waals surface area (Å²) in [6.07, 6.45) is 7.22. The SMILES string of the molecule is CCCCCC(C)(CCCCS(=O)(=O)NCCCc1ccc(C(=O)OCC)cc1)OC(C)=O. The number of esters is 2. The van der Waals surface area contributed by atoms with Crippen molar-refractivity contribution in [3.05, 3.63) is 35.4 Å². The van der Waals surface area contributed by atoms with Crippen molar-refractivity contribution in [2.75, 3.05) is 18.9 Å². The third kappa shape index (κ3) is 12.8. The maximum Gasteiger partial charge on any atom is 0.338 e. The fourth-order valence-electron chi connectivity index (χ4n) is 3.73. The van der Waals surface area contributed by atoms with E-state index in [0.29, 0.717) is 50.8 Å². The van der Waals surface area contributed by atoms with E-state index in [0.717, 1.165) is 31.2 Å². The Morgan fingerprint density at radius 2 is 1.61 bits per heavy atom. The first-order valence-corrected chi connectivity index (χ1v) is 13.7. The summed E-state index contributed by atoms with van der Waals surface area (Å²) in [7, 11) is -3.34. The molecule has 0 radical (unpaired) electrons. The minimum atomic E-state index is -3.34. The van der Waals surface area contributed by atoms with Gasteiger partial charge in [-0.3, -0.25) is 4.79 Å². The normalized spacial score (nSPS) is 13.3. The highest BCUT2D eigenvalue weighted by Crippen LogP contribution is 2.26. The van der Waals surface area contributed by atoms with Gasteiger partial charge in [0.15, 0.2) is 0 Å². The molecule has 0 saturated heterocycles. The zero-order valence-electron chi connectivity index (χ0n) is 20.7. The number of rotatable bonds is 17. The van der Waals surface area contributed by atoms with Crippen LogP contribution in [0.4, 0.5) is 0 Å². The van der Waals surface area contributed by atoms with E-state index >= 15 is 0 Å². The lowest BCUT2D eigenvalue weighted by atomic mass is 9.92. The monoisotopic (exact) mass is 483 g/mol. The maximum absolute atomic E-state index is 12.3. The number of sulfonamides is 1. The van der Waals surface area contributed by atoms with Crippen LogP contribution in [0.3, 0.4) is 0 Å². The Morgan fingerprint density at radius 3 is 2.18 bits per heavy atom. The van der Waals surface area contributed by atoms with E-state index < -0.39 is 15.6 Å². The van der Waals surface area contributed by atoms with Gasteiger partial charge < -0.3 is 9.47 Å². The summed E-state index contributed by atoms with van der Waals surface area (Å²) in [5.41, 5.74) is 1.02. The molecule has 1 aromatic carbocycles. The minimum Gasteiger partial charge on any atom is -0.462 e. The minimum absolute atomic E-state index is 0.0619. The molecule has 1 aromatic rings. The Balaban J connectivity index is 2.34. The fraction of sp³-hybridized carbons (Fsp3) is 0.680. The lowest BCUT2D eigenvalue weighted by molar-refractivity contribution is -0.157. The Labute approximate surface area is 199 Å². The average molecular weight is 484 g/mol. The van der Waals surface area contributed by atoms with Gasteiger partial charge in [0.05, 0.1) is 17.9 Å². The molecule has 0 aliphatic rings. The molecule has 0 amide bonds. The number of carbonyl (C=O) groups excluding carboxylic acids is 2. The van der Waals surface area contributed by atoms with Crippen LogP contribution in [0, 0.1) is 0 Å². The molecule has 0 aromatic heterocycles. The van der Waals surface area contributed by atoms with Gasteiger partial charge in [0.2, 0.25) is 10.0 Å². The van der Waals surface area contributed by atoms with E-state index in [9.17, 15) is 18.0 Å². The fourth-order valence-corrected chi connectivity index (χ4v) is 4.91. The Hall–Kier alpha value is -1.93. The molecule has 1 rings (SSSR count). The van der Waals surface area contributed by atoms with Gasteiger partial charge in [-0.1, -0.05) is 31.9 Å². The molecule has 33 heavy (non-hydrogen) atoms. The van der Waals surface area contributed by atoms with Gasteiger partial charge in [0.1, 0.15) is 5.60 Å². The Bertz CT molecular complexity index is 822. The molecule has 1 N–H and O–H groups in total. The van der Waals surface area contributed by atoms with Crippen molar-refractivity contribution in [1.82, 2.24) is 4.72 Å². The van der Waals surface area contributed by atoms with Crippen LogP contribution in [0.5, 0.6) is 0 Å². The Kier molecular flexibility index (Phi) is 13.3. The molecule has 188 valence electrons. The van der Waals surface area contributed by atoms with E-state index in [1.807, 2.05) is 19.1 Å². The van der Waals surface area contributed by atoms with Crippen molar-refractivity contribution >= 4 is 22.0 Å². The molecular weight excluding hydrogens is 442 g/mol. The number of hydrogen-bond acceptors (Lipinski definition) is 6. The molecule has 0 spiro atoms. The second-order valence-electron chi connectivity index (χ2n) is 8.69. The molecule has 8 heteroatoms. The number of unbranched alkanes of at least 4 members (excludes halogenated alkanes) is 3. The van der Waals surface area contributed by atoms with Gasteiger partial charge in [-0.15, -0.1) is 0 Å². The maximum atomic E-state index is 12.3. The van der Waals surface area contributed by atoms with Crippen LogP contribution in [-0.4, -0.2) is 44.9 Å². The van der Waals surface area contributed by atoms with Crippen LogP contribution in [0.1, 0.15) is 95.0 Å². The summed E-state index contributed by atoms with van der Waals surface area (Å²) >= 11 is 0. The van der Waals surface area contributed by atoms with E-state index in [2.05, 4.69) is 11.6 Å². The van der Waals surface area contributed by atoms with Crippen LogP contribution < -0.4 is 4.72 Å². The second kappa shape index (κ2) is 15.1. The summed E-state index contributed by atoms with van der Waals surface area (Å²) < 4.78 is 37.7. The van der Waals surface area contributed by atoms with Crippen LogP contribution >= 0.6 is 0 Å². The van der Waals surface area contributed by atoms with Crippen LogP contribution in [0.25, 0.3) is 0 Å². The van der Waals surface area contributed by atoms with E-state index in [1.165, 1.54) is 6.92 Å². The standard InChI is InChI=1S/C25H41NO6S/c1-5-7-8-17-25(4,32-21(3)27)18-9-10-20-33(29,30)26-19-11-12-22-13-15-23(16-14-22)24(28)31-6-2/h13-16,26H,5-12,17-20H2,1-4H3. The van der Waals surface area contributed by atoms with Gasteiger partial charge in [0.25, 0.3) is 0 Å². The third-order valence-electron chi connectivity index (χ3n) is 5.50. The molecule has 1 unspecified atom stereocenters. The zero-order chi connectivity index (χ0) is 24.7. The number of carbonyl (C=O) groups is 2. The summed E-state index contributed by atoms with van der Waals surface area (Å²) in [6, 6.07) is 7.18. The van der Waals surface area contributed by atoms with E-state index in [-0.39, 0.29) is 17.7 Å². The molecule has 0 aliphatic carbocycles. The number of hydrogen-bond donors (Lipinski definition) is 1. The number of ether oxygens (including phenoxy) is 2. The second-order valence-corrected chi connectivity index (χ2v) is 10.6. The summed E-state index contributed by atoms with van der Waals surface area (Å²) in [6.45, 7) is 7.96. The van der Waals surface area contributed by atoms with E-state index in [1.54, 1.807) is 19.1 Å². The lowest BCUT2D eigenvalue weighted by Gasteiger charge is -2.29. The number of nitrogens with one attached hydrogen (secondary N) is 1. The van der Waals surface area contributed by atoms with Crippen LogP contribution in [-0.2, 0) is 30.7 Å². The van der Waals surface area contributed by atoms with E-state index in [4.69, 9.17) is 9.47 Å². The predicted molar refractivity (Wildman–Crippen MR) is 131 cm³/mol. The molecule has 0 heterocycles. The van der Waals surface area contributed by atoms with Crippen molar-refractivity contribution in [2.45, 2.75) is 91.1 Å². The molecule has 0 fully saturated rings. The molecule has 0 bridgehead atoms. The number of benzene rings is 1. The van der Waals surface area contributed by atoms with Crippen molar-refractivity contribution in [3.63, 3.8) is 0 Å². The van der Waals surface area contributed by atoms with Crippen molar-refractivity contribution in [1.29, 1.82) is 0 Å². The molecule has 0 aliphatic heterocycles. The topological polar surface area (TPSA) is 98.8 Å². The first-order chi connectivity index (χ1) is 15.6. The van der Waals surface area contributed by atoms with Gasteiger partial charge in [-0.25, -0.2) is 17.9 Å². The van der Waals surface area contributed by atoms with Gasteiger partial charge in [-0.05, 0) is 76.5 Å². The highest BCUT2D eigenvalue weighted by Gasteiger charge is 2.26. The molecule has 1 atom stereocenters. The third-order valence-corrected chi connectivity index (χ3v) is 6.97. The van der Waals surface area contributed by atoms with Crippen LogP contribution in [0.2, 0.25) is 0 Å². The first kappa shape index (κ1) is 29.1. The number of aryl methyl sites for hydroxylation is 1. The predicted octanol–water partition coefficient (Wildman–Crippen LogP) is 4.79. The Morgan fingerprint density at radius 1 is 0.970 bits per heavy atom. The van der Waals surface area contributed by atoms with Gasteiger partial charge in [0, 0.05) is 13.5 Å². The van der Waals surface area contributed by atoms with Gasteiger partial charge in [-0.2, -0.15) is 0 Å². The highest BCUT2D eigenvalue weighted by molar-refractivity contribution is 7.89. The largest absolute Gasteiger partial charge is 0.462 e. The summed E-state index contributed by atoms with van der Waals surface area (Å²) in [5.74, 6) is -0.573. The molecule has 0 saturated carbocycles. The van der Waals surface area contributed by atoms with Crippen molar-refractivity contribution < 1.29 is 27.5 Å².